The molecule has 0 saturated heterocycles. The lowest BCUT2D eigenvalue weighted by Gasteiger charge is -2.20. The third-order valence-electron chi connectivity index (χ3n) is 3.31. The van der Waals surface area contributed by atoms with Crippen LogP contribution < -0.4 is 11.1 Å². The number of hydrogen-bond donors (Lipinski definition) is 3. The van der Waals surface area contributed by atoms with Crippen LogP contribution in [0.5, 0.6) is 0 Å². The molecule has 19 heavy (non-hydrogen) atoms. The van der Waals surface area contributed by atoms with E-state index in [0.717, 1.165) is 19.1 Å². The Labute approximate surface area is 112 Å². The van der Waals surface area contributed by atoms with E-state index in [4.69, 9.17) is 10.8 Å². The lowest BCUT2D eigenvalue weighted by atomic mass is 10.3. The molecule has 104 valence electrons. The van der Waals surface area contributed by atoms with E-state index in [9.17, 15) is 4.79 Å². The van der Waals surface area contributed by atoms with Gasteiger partial charge in [-0.2, -0.15) is 0 Å². The monoisotopic (exact) mass is 264 g/mol. The Balaban J connectivity index is 1.91. The second-order valence-corrected chi connectivity index (χ2v) is 4.73. The fourth-order valence-electron chi connectivity index (χ4n) is 2.09. The number of carboxylic acids is 1. The molecule has 0 radical (unpaired) electrons. The maximum absolute atomic E-state index is 10.9. The summed E-state index contributed by atoms with van der Waals surface area (Å²) in [6.07, 6.45) is 2.56. The number of aromatic carboxylic acids is 1. The van der Waals surface area contributed by atoms with Crippen molar-refractivity contribution in [2.45, 2.75) is 25.8 Å². The number of carboxylic acid groups (broad SMARTS) is 1. The van der Waals surface area contributed by atoms with Crippen LogP contribution >= 0.6 is 0 Å². The van der Waals surface area contributed by atoms with Crippen molar-refractivity contribution in [3.05, 3.63) is 17.8 Å². The molecule has 0 spiro atoms. The van der Waals surface area contributed by atoms with E-state index in [0.29, 0.717) is 18.1 Å². The van der Waals surface area contributed by atoms with E-state index in [1.165, 1.54) is 18.9 Å². The molecule has 1 fully saturated rings. The van der Waals surface area contributed by atoms with Crippen LogP contribution in [0.2, 0.25) is 0 Å². The maximum atomic E-state index is 10.9. The van der Waals surface area contributed by atoms with Gasteiger partial charge in [0.25, 0.3) is 0 Å². The van der Waals surface area contributed by atoms with E-state index in [1.807, 2.05) is 0 Å². The number of nitrogens with one attached hydrogen (secondary N) is 1. The summed E-state index contributed by atoms with van der Waals surface area (Å²) in [7, 11) is 0. The Hall–Kier alpha value is -1.82. The third kappa shape index (κ3) is 3.57. The molecule has 1 aliphatic carbocycles. The molecular formula is C13H20N4O2. The molecule has 0 atom stereocenters. The van der Waals surface area contributed by atoms with Crippen molar-refractivity contribution in [1.82, 2.24) is 9.88 Å². The van der Waals surface area contributed by atoms with Gasteiger partial charge < -0.3 is 16.2 Å². The molecule has 0 amide bonds. The van der Waals surface area contributed by atoms with Crippen molar-refractivity contribution in [3.8, 4) is 0 Å². The second kappa shape index (κ2) is 5.88. The van der Waals surface area contributed by atoms with E-state index in [1.54, 1.807) is 6.07 Å². The lowest BCUT2D eigenvalue weighted by Crippen LogP contribution is -2.31. The highest BCUT2D eigenvalue weighted by molar-refractivity contribution is 5.86. The summed E-state index contributed by atoms with van der Waals surface area (Å²) < 4.78 is 0. The minimum Gasteiger partial charge on any atom is -0.477 e. The summed E-state index contributed by atoms with van der Waals surface area (Å²) in [5, 5.41) is 12.0. The molecule has 1 heterocycles. The van der Waals surface area contributed by atoms with Gasteiger partial charge in [0, 0.05) is 19.1 Å². The zero-order valence-electron chi connectivity index (χ0n) is 11.1. The normalized spacial score (nSPS) is 14.6. The first-order chi connectivity index (χ1) is 9.11. The van der Waals surface area contributed by atoms with E-state index < -0.39 is 5.97 Å². The van der Waals surface area contributed by atoms with Gasteiger partial charge in [-0.15, -0.1) is 0 Å². The topological polar surface area (TPSA) is 91.5 Å². The third-order valence-corrected chi connectivity index (χ3v) is 3.31. The predicted octanol–water partition coefficient (Wildman–Crippen LogP) is 1.26. The van der Waals surface area contributed by atoms with Crippen molar-refractivity contribution in [2.24, 2.45) is 0 Å². The molecule has 1 aliphatic rings. The van der Waals surface area contributed by atoms with Gasteiger partial charge in [-0.3, -0.25) is 4.90 Å². The van der Waals surface area contributed by atoms with Crippen LogP contribution in [0, 0.1) is 0 Å². The SMILES string of the molecule is CCN(CCNc1nc(C(=O)O)ccc1N)C1CC1. The first-order valence-electron chi connectivity index (χ1n) is 6.59. The Morgan fingerprint density at radius 2 is 2.32 bits per heavy atom. The number of likely N-dealkylation sites (N-methyl/N-ethyl adjacent to an activating group) is 1. The molecule has 1 aromatic heterocycles. The second-order valence-electron chi connectivity index (χ2n) is 4.73. The lowest BCUT2D eigenvalue weighted by molar-refractivity contribution is 0.0690. The number of anilines is 2. The van der Waals surface area contributed by atoms with E-state index in [2.05, 4.69) is 22.1 Å². The summed E-state index contributed by atoms with van der Waals surface area (Å²) in [4.78, 5) is 17.3. The molecule has 2 rings (SSSR count). The number of nitrogens with two attached hydrogens (primary N) is 1. The number of nitrogen functional groups attached to an aromatic ring is 1. The number of rotatable bonds is 7. The highest BCUT2D eigenvalue weighted by Crippen LogP contribution is 2.26. The van der Waals surface area contributed by atoms with E-state index in [-0.39, 0.29) is 5.69 Å². The van der Waals surface area contributed by atoms with Crippen LogP contribution in [0.15, 0.2) is 12.1 Å². The van der Waals surface area contributed by atoms with E-state index >= 15 is 0 Å². The summed E-state index contributed by atoms with van der Waals surface area (Å²) in [5.41, 5.74) is 6.26. The molecule has 1 saturated carbocycles. The van der Waals surface area contributed by atoms with Gasteiger partial charge >= 0.3 is 5.97 Å². The quantitative estimate of drug-likeness (QED) is 0.686. The molecule has 0 aromatic carbocycles. The van der Waals surface area contributed by atoms with Gasteiger partial charge in [-0.05, 0) is 31.5 Å². The zero-order chi connectivity index (χ0) is 13.8. The molecular weight excluding hydrogens is 244 g/mol. The largest absolute Gasteiger partial charge is 0.477 e. The maximum Gasteiger partial charge on any atom is 0.354 e. The van der Waals surface area contributed by atoms with Crippen LogP contribution in [-0.2, 0) is 0 Å². The molecule has 0 unspecified atom stereocenters. The summed E-state index contributed by atoms with van der Waals surface area (Å²) in [5.74, 6) is -0.594. The highest BCUT2D eigenvalue weighted by Gasteiger charge is 2.27. The minimum absolute atomic E-state index is 0.00578. The van der Waals surface area contributed by atoms with Gasteiger partial charge in [0.1, 0.15) is 5.82 Å². The Bertz CT molecular complexity index is 460. The smallest absolute Gasteiger partial charge is 0.354 e. The molecule has 6 nitrogen and oxygen atoms in total. The number of hydrogen-bond acceptors (Lipinski definition) is 5. The average molecular weight is 264 g/mol. The summed E-state index contributed by atoms with van der Waals surface area (Å²) >= 11 is 0. The fourth-order valence-corrected chi connectivity index (χ4v) is 2.09. The van der Waals surface area contributed by atoms with Crippen LogP contribution in [0.4, 0.5) is 11.5 Å². The van der Waals surface area contributed by atoms with Gasteiger partial charge in [-0.25, -0.2) is 9.78 Å². The van der Waals surface area contributed by atoms with Gasteiger partial charge in [0.2, 0.25) is 0 Å². The van der Waals surface area contributed by atoms with Crippen molar-refractivity contribution in [1.29, 1.82) is 0 Å². The first kappa shape index (κ1) is 13.6. The molecule has 0 aliphatic heterocycles. The summed E-state index contributed by atoms with van der Waals surface area (Å²) in [6, 6.07) is 3.70. The van der Waals surface area contributed by atoms with Crippen LogP contribution in [0.25, 0.3) is 0 Å². The van der Waals surface area contributed by atoms with Crippen molar-refractivity contribution in [3.63, 3.8) is 0 Å². The van der Waals surface area contributed by atoms with Crippen molar-refractivity contribution < 1.29 is 9.90 Å². The molecule has 6 heteroatoms. The fraction of sp³-hybridized carbons (Fsp3) is 0.538. The van der Waals surface area contributed by atoms with Gasteiger partial charge in [-0.1, -0.05) is 6.92 Å². The van der Waals surface area contributed by atoms with Crippen molar-refractivity contribution in [2.75, 3.05) is 30.7 Å². The van der Waals surface area contributed by atoms with Gasteiger partial charge in [0.15, 0.2) is 5.69 Å². The first-order valence-corrected chi connectivity index (χ1v) is 6.59. The van der Waals surface area contributed by atoms with Gasteiger partial charge in [0.05, 0.1) is 5.69 Å². The number of nitrogens with zero attached hydrogens (tertiary/aromatic N) is 2. The standard InChI is InChI=1S/C13H20N4O2/c1-2-17(9-3-4-9)8-7-15-12-10(14)5-6-11(16-12)13(18)19/h5-6,9H,2-4,7-8,14H2,1H3,(H,15,16)(H,18,19). The molecule has 1 aromatic rings. The zero-order valence-corrected chi connectivity index (χ0v) is 11.1. The molecule has 4 N–H and O–H groups in total. The number of aromatic nitrogens is 1. The number of carbonyl (C=O) groups is 1. The number of pyridine rings is 1. The Morgan fingerprint density at radius 1 is 1.58 bits per heavy atom. The van der Waals surface area contributed by atoms with Crippen LogP contribution in [0.3, 0.4) is 0 Å². The molecule has 0 bridgehead atoms. The Morgan fingerprint density at radius 3 is 2.89 bits per heavy atom. The minimum atomic E-state index is -1.05. The summed E-state index contributed by atoms with van der Waals surface area (Å²) in [6.45, 7) is 4.81. The highest BCUT2D eigenvalue weighted by atomic mass is 16.4. The average Bonchev–Trinajstić information content (AvgIpc) is 3.20. The van der Waals surface area contributed by atoms with Crippen LogP contribution in [0.1, 0.15) is 30.3 Å². The van der Waals surface area contributed by atoms with Crippen molar-refractivity contribution >= 4 is 17.5 Å². The Kier molecular flexibility index (Phi) is 4.21. The predicted molar refractivity (Wildman–Crippen MR) is 74.4 cm³/mol. The van der Waals surface area contributed by atoms with Crippen LogP contribution in [-0.4, -0.2) is 46.6 Å².